The van der Waals surface area contributed by atoms with Crippen LogP contribution in [0.3, 0.4) is 0 Å². The van der Waals surface area contributed by atoms with Gasteiger partial charge in [0.2, 0.25) is 0 Å². The molecule has 0 saturated heterocycles. The number of fused-ring (bicyclic) bond motifs is 1. The minimum Gasteiger partial charge on any atom is -0.481 e. The van der Waals surface area contributed by atoms with E-state index in [1.807, 2.05) is 24.0 Å². The predicted octanol–water partition coefficient (Wildman–Crippen LogP) is 5.15. The minimum atomic E-state index is -1.21. The van der Waals surface area contributed by atoms with Crippen LogP contribution < -0.4 is 0 Å². The van der Waals surface area contributed by atoms with Crippen molar-refractivity contribution >= 4 is 29.1 Å². The van der Waals surface area contributed by atoms with Crippen molar-refractivity contribution in [3.63, 3.8) is 0 Å². The van der Waals surface area contributed by atoms with E-state index in [-0.39, 0.29) is 23.0 Å². The largest absolute Gasteiger partial charge is 0.481 e. The van der Waals surface area contributed by atoms with Gasteiger partial charge in [-0.1, -0.05) is 49.6 Å². The molecule has 1 aliphatic carbocycles. The first-order valence-corrected chi connectivity index (χ1v) is 10.6. The number of hydrogen-bond acceptors (Lipinski definition) is 4. The third-order valence-corrected chi connectivity index (χ3v) is 5.89. The second-order valence-corrected chi connectivity index (χ2v) is 8.82. The number of carboxylic acid groups (broad SMARTS) is 1. The first-order valence-electron chi connectivity index (χ1n) is 10.3. The number of carbonyl (C=O) groups is 3. The van der Waals surface area contributed by atoms with Gasteiger partial charge in [0, 0.05) is 36.0 Å². The van der Waals surface area contributed by atoms with Crippen LogP contribution in [-0.2, 0) is 14.4 Å². The fraction of sp³-hybridized carbons (Fsp3) is 0.458. The molecular weight excluding hydrogens is 402 g/mol. The van der Waals surface area contributed by atoms with Crippen molar-refractivity contribution in [2.24, 2.45) is 11.3 Å². The molecule has 0 spiro atoms. The van der Waals surface area contributed by atoms with Gasteiger partial charge >= 0.3 is 5.97 Å². The van der Waals surface area contributed by atoms with E-state index in [2.05, 4.69) is 19.9 Å². The second kappa shape index (κ2) is 9.61. The molecule has 0 amide bonds. The molecule has 0 fully saturated rings. The zero-order chi connectivity index (χ0) is 22.6. The van der Waals surface area contributed by atoms with Crippen molar-refractivity contribution in [1.82, 2.24) is 4.90 Å². The summed E-state index contributed by atoms with van der Waals surface area (Å²) in [6, 6.07) is 0. The highest BCUT2D eigenvalue weighted by atomic mass is 35.5. The van der Waals surface area contributed by atoms with Crippen molar-refractivity contribution in [3.8, 4) is 0 Å². The molecule has 0 saturated carbocycles. The summed E-state index contributed by atoms with van der Waals surface area (Å²) in [4.78, 5) is 38.3. The van der Waals surface area contributed by atoms with E-state index in [0.29, 0.717) is 30.0 Å². The SMILES string of the molecule is CC[C@H](C)/C=C(C)/C=C/C1=CC2=C(Cl)C(=O)C(C)(C)C(=O)C2=CN1CCCC(=O)O. The molecule has 1 N–H and O–H groups in total. The summed E-state index contributed by atoms with van der Waals surface area (Å²) in [5, 5.41) is 9.03. The maximum Gasteiger partial charge on any atom is 0.303 e. The molecule has 0 bridgehead atoms. The Morgan fingerprint density at radius 3 is 2.57 bits per heavy atom. The van der Waals surface area contributed by atoms with Crippen LogP contribution in [0.4, 0.5) is 0 Å². The molecule has 0 radical (unpaired) electrons. The Balaban J connectivity index is 2.45. The van der Waals surface area contributed by atoms with Crippen LogP contribution in [0, 0.1) is 11.3 Å². The fourth-order valence-electron chi connectivity index (χ4n) is 3.38. The van der Waals surface area contributed by atoms with Gasteiger partial charge in [0.1, 0.15) is 0 Å². The molecule has 2 rings (SSSR count). The minimum absolute atomic E-state index is 0.0327. The normalized spacial score (nSPS) is 20.3. The van der Waals surface area contributed by atoms with Crippen LogP contribution >= 0.6 is 11.6 Å². The highest BCUT2D eigenvalue weighted by Gasteiger charge is 2.46. The van der Waals surface area contributed by atoms with Crippen molar-refractivity contribution < 1.29 is 19.5 Å². The van der Waals surface area contributed by atoms with E-state index in [0.717, 1.165) is 17.7 Å². The number of nitrogens with zero attached hydrogens (tertiary/aromatic N) is 1. The van der Waals surface area contributed by atoms with Gasteiger partial charge in [-0.3, -0.25) is 14.4 Å². The van der Waals surface area contributed by atoms with E-state index in [1.165, 1.54) is 0 Å². The lowest BCUT2D eigenvalue weighted by Gasteiger charge is -2.34. The lowest BCUT2D eigenvalue weighted by molar-refractivity contribution is -0.137. The van der Waals surface area contributed by atoms with Gasteiger partial charge in [0.05, 0.1) is 10.4 Å². The van der Waals surface area contributed by atoms with E-state index < -0.39 is 11.4 Å². The quantitative estimate of drug-likeness (QED) is 0.424. The van der Waals surface area contributed by atoms with Gasteiger partial charge in [0.25, 0.3) is 0 Å². The number of carbonyl (C=O) groups excluding carboxylic acids is 2. The van der Waals surface area contributed by atoms with E-state index in [9.17, 15) is 14.4 Å². The predicted molar refractivity (Wildman–Crippen MR) is 119 cm³/mol. The van der Waals surface area contributed by atoms with Crippen LogP contribution in [0.15, 0.2) is 58.0 Å². The van der Waals surface area contributed by atoms with Crippen molar-refractivity contribution in [2.75, 3.05) is 6.54 Å². The number of rotatable bonds is 8. The van der Waals surface area contributed by atoms with Crippen LogP contribution in [0.1, 0.15) is 53.9 Å². The maximum atomic E-state index is 12.9. The lowest BCUT2D eigenvalue weighted by atomic mass is 9.72. The number of Topliss-reactive ketones (excluding diaryl/α,β-unsaturated/α-hetero) is 2. The molecule has 0 aromatic carbocycles. The highest BCUT2D eigenvalue weighted by molar-refractivity contribution is 6.48. The number of hydrogen-bond donors (Lipinski definition) is 1. The second-order valence-electron chi connectivity index (χ2n) is 8.44. The van der Waals surface area contributed by atoms with Gasteiger partial charge in [-0.15, -0.1) is 0 Å². The fourth-order valence-corrected chi connectivity index (χ4v) is 3.78. The Kier molecular flexibility index (Phi) is 7.64. The molecule has 0 aromatic rings. The maximum absolute atomic E-state index is 12.9. The Bertz CT molecular complexity index is 902. The van der Waals surface area contributed by atoms with E-state index in [4.69, 9.17) is 16.7 Å². The summed E-state index contributed by atoms with van der Waals surface area (Å²) in [5.41, 5.74) is 1.47. The summed E-state index contributed by atoms with van der Waals surface area (Å²) < 4.78 is 0. The number of aliphatic carboxylic acids is 1. The zero-order valence-electron chi connectivity index (χ0n) is 18.3. The van der Waals surface area contributed by atoms with Crippen LogP contribution in [0.5, 0.6) is 0 Å². The van der Waals surface area contributed by atoms with Crippen LogP contribution in [0.25, 0.3) is 0 Å². The topological polar surface area (TPSA) is 74.7 Å². The Hall–Kier alpha value is -2.40. The third-order valence-electron chi connectivity index (χ3n) is 5.51. The molecule has 30 heavy (non-hydrogen) atoms. The number of allylic oxidation sites excluding steroid dienone is 8. The molecule has 2 aliphatic rings. The molecular formula is C24H30ClNO4. The molecule has 5 nitrogen and oxygen atoms in total. The first kappa shape index (κ1) is 23.9. The Morgan fingerprint density at radius 1 is 1.30 bits per heavy atom. The van der Waals surface area contributed by atoms with Crippen molar-refractivity contribution in [3.05, 3.63) is 58.0 Å². The van der Waals surface area contributed by atoms with Gasteiger partial charge in [-0.25, -0.2) is 0 Å². The smallest absolute Gasteiger partial charge is 0.303 e. The van der Waals surface area contributed by atoms with Gasteiger partial charge in [-0.05, 0) is 45.3 Å². The molecule has 1 aliphatic heterocycles. The third kappa shape index (κ3) is 5.20. The summed E-state index contributed by atoms with van der Waals surface area (Å²) >= 11 is 6.36. The van der Waals surface area contributed by atoms with Gasteiger partial charge in [-0.2, -0.15) is 0 Å². The van der Waals surface area contributed by atoms with E-state index in [1.54, 1.807) is 26.1 Å². The monoisotopic (exact) mass is 431 g/mol. The van der Waals surface area contributed by atoms with E-state index >= 15 is 0 Å². The number of ketones is 2. The zero-order valence-corrected chi connectivity index (χ0v) is 19.0. The molecule has 162 valence electrons. The highest BCUT2D eigenvalue weighted by Crippen LogP contribution is 2.41. The van der Waals surface area contributed by atoms with Crippen LogP contribution in [-0.4, -0.2) is 34.1 Å². The molecule has 0 aromatic heterocycles. The number of halogens is 1. The standard InChI is InChI=1S/C24H30ClNO4/c1-6-15(2)12-16(3)9-10-17-13-18-19(14-26(17)11-7-8-20(27)28)22(29)24(4,5)23(30)21(18)25/h9-10,12-15H,6-8,11H2,1-5H3,(H,27,28)/b10-9+,16-12+/t15-/m0/s1. The summed E-state index contributed by atoms with van der Waals surface area (Å²) in [7, 11) is 0. The average Bonchev–Trinajstić information content (AvgIpc) is 2.69. The Labute approximate surface area is 183 Å². The average molecular weight is 432 g/mol. The number of carboxylic acids is 1. The van der Waals surface area contributed by atoms with Crippen molar-refractivity contribution in [2.45, 2.75) is 53.9 Å². The molecule has 1 atom stereocenters. The van der Waals surface area contributed by atoms with Gasteiger partial charge in [0.15, 0.2) is 11.6 Å². The molecule has 0 unspecified atom stereocenters. The lowest BCUT2D eigenvalue weighted by Crippen LogP contribution is -2.41. The van der Waals surface area contributed by atoms with Crippen molar-refractivity contribution in [1.29, 1.82) is 0 Å². The van der Waals surface area contributed by atoms with Gasteiger partial charge < -0.3 is 10.0 Å². The van der Waals surface area contributed by atoms with Crippen LogP contribution in [0.2, 0.25) is 0 Å². The Morgan fingerprint density at radius 2 is 1.97 bits per heavy atom. The summed E-state index contributed by atoms with van der Waals surface area (Å²) in [6.07, 6.45) is 11.0. The molecule has 1 heterocycles. The first-order chi connectivity index (χ1) is 14.0. The molecule has 6 heteroatoms. The summed E-state index contributed by atoms with van der Waals surface area (Å²) in [6.45, 7) is 9.89. The summed E-state index contributed by atoms with van der Waals surface area (Å²) in [5.74, 6) is -1.06.